The van der Waals surface area contributed by atoms with E-state index in [0.29, 0.717) is 11.4 Å². The van der Waals surface area contributed by atoms with Gasteiger partial charge < -0.3 is 11.1 Å². The summed E-state index contributed by atoms with van der Waals surface area (Å²) in [5.74, 6) is -0.216. The molecule has 1 amide bonds. The first-order chi connectivity index (χ1) is 9.30. The Labute approximate surface area is 120 Å². The van der Waals surface area contributed by atoms with E-state index in [1.54, 1.807) is 6.92 Å². The number of nitrogens with two attached hydrogens (primary N) is 1. The van der Waals surface area contributed by atoms with Crippen molar-refractivity contribution in [3.05, 3.63) is 30.0 Å². The van der Waals surface area contributed by atoms with Crippen molar-refractivity contribution in [2.75, 3.05) is 11.1 Å². The van der Waals surface area contributed by atoms with Crippen LogP contribution in [0.15, 0.2) is 33.4 Å². The molecule has 0 aliphatic heterocycles. The van der Waals surface area contributed by atoms with E-state index >= 15 is 0 Å². The second-order valence-corrected chi connectivity index (χ2v) is 7.31. The molecule has 0 atom stereocenters. The molecular weight excluding hydrogens is 298 g/mol. The van der Waals surface area contributed by atoms with E-state index in [1.807, 2.05) is 0 Å². The number of nitrogen functional groups attached to an aromatic ring is 1. The molecule has 0 bridgehead atoms. The predicted molar refractivity (Wildman–Crippen MR) is 77.5 cm³/mol. The number of aromatic nitrogens is 1. The second kappa shape index (κ2) is 5.22. The third-order valence-electron chi connectivity index (χ3n) is 2.50. The first kappa shape index (κ1) is 14.5. The molecule has 0 unspecified atom stereocenters. The molecule has 0 spiro atoms. The van der Waals surface area contributed by atoms with Crippen LogP contribution in [0.1, 0.15) is 12.6 Å². The number of rotatable bonds is 3. The van der Waals surface area contributed by atoms with E-state index < -0.39 is 9.84 Å². The molecule has 106 valence electrons. The number of sulfone groups is 1. The lowest BCUT2D eigenvalue weighted by atomic mass is 10.3. The first-order valence-corrected chi connectivity index (χ1v) is 7.96. The molecule has 1 aromatic carbocycles. The Hall–Kier alpha value is -1.93. The van der Waals surface area contributed by atoms with Gasteiger partial charge in [0.2, 0.25) is 15.7 Å². The van der Waals surface area contributed by atoms with Gasteiger partial charge in [0, 0.05) is 12.6 Å². The molecule has 3 N–H and O–H groups in total. The van der Waals surface area contributed by atoms with Crippen molar-refractivity contribution in [1.82, 2.24) is 4.98 Å². The van der Waals surface area contributed by atoms with Gasteiger partial charge in [-0.1, -0.05) is 11.3 Å². The van der Waals surface area contributed by atoms with E-state index in [1.165, 1.54) is 31.2 Å². The lowest BCUT2D eigenvalue weighted by Crippen LogP contribution is -2.06. The van der Waals surface area contributed by atoms with Crippen LogP contribution >= 0.6 is 11.3 Å². The maximum atomic E-state index is 12.4. The fourth-order valence-corrected chi connectivity index (χ4v) is 4.37. The number of carbonyl (C=O) groups excluding carboxylic acids is 1. The Morgan fingerprint density at radius 1 is 1.30 bits per heavy atom. The number of thiazole rings is 1. The zero-order chi connectivity index (χ0) is 14.9. The van der Waals surface area contributed by atoms with Gasteiger partial charge in [-0.25, -0.2) is 13.4 Å². The largest absolute Gasteiger partial charge is 0.375 e. The Morgan fingerprint density at radius 3 is 2.35 bits per heavy atom. The molecule has 0 fully saturated rings. The summed E-state index contributed by atoms with van der Waals surface area (Å²) in [7, 11) is -3.63. The van der Waals surface area contributed by atoms with Crippen molar-refractivity contribution >= 4 is 37.9 Å². The SMILES string of the molecule is CC(=O)Nc1ccc(S(=O)(=O)c2sc(N)nc2C)cc1. The Bertz CT molecular complexity index is 749. The number of nitrogens with one attached hydrogen (secondary N) is 1. The molecule has 8 heteroatoms. The lowest BCUT2D eigenvalue weighted by molar-refractivity contribution is -0.114. The summed E-state index contributed by atoms with van der Waals surface area (Å²) in [4.78, 5) is 15.0. The van der Waals surface area contributed by atoms with Crippen LogP contribution in [0.4, 0.5) is 10.8 Å². The summed E-state index contributed by atoms with van der Waals surface area (Å²) < 4.78 is 25.0. The Balaban J connectivity index is 2.40. The summed E-state index contributed by atoms with van der Waals surface area (Å²) in [6.45, 7) is 2.99. The third-order valence-corrected chi connectivity index (χ3v) is 5.87. The number of hydrogen-bond acceptors (Lipinski definition) is 6. The monoisotopic (exact) mass is 311 g/mol. The molecule has 1 heterocycles. The van der Waals surface area contributed by atoms with E-state index in [4.69, 9.17) is 5.73 Å². The van der Waals surface area contributed by atoms with Crippen LogP contribution in [0, 0.1) is 6.92 Å². The standard InChI is InChI=1S/C12H13N3O3S2/c1-7-11(19-12(13)14-7)20(17,18)10-5-3-9(4-6-10)15-8(2)16/h3-6H,1-2H3,(H2,13,14)(H,15,16). The summed E-state index contributed by atoms with van der Waals surface area (Å²) in [6, 6.07) is 5.95. The molecular formula is C12H13N3O3S2. The predicted octanol–water partition coefficient (Wildman–Crippen LogP) is 1.82. The summed E-state index contributed by atoms with van der Waals surface area (Å²) in [5, 5.41) is 2.79. The van der Waals surface area contributed by atoms with Gasteiger partial charge in [-0.05, 0) is 31.2 Å². The average Bonchev–Trinajstić information content (AvgIpc) is 2.69. The minimum Gasteiger partial charge on any atom is -0.375 e. The average molecular weight is 311 g/mol. The second-order valence-electron chi connectivity index (χ2n) is 4.13. The van der Waals surface area contributed by atoms with Gasteiger partial charge in [-0.15, -0.1) is 0 Å². The van der Waals surface area contributed by atoms with E-state index in [0.717, 1.165) is 11.3 Å². The Morgan fingerprint density at radius 2 is 1.90 bits per heavy atom. The summed E-state index contributed by atoms with van der Waals surface area (Å²) in [6.07, 6.45) is 0. The van der Waals surface area contributed by atoms with Gasteiger partial charge in [-0.2, -0.15) is 0 Å². The number of hydrogen-bond donors (Lipinski definition) is 2. The molecule has 0 saturated heterocycles. The molecule has 0 aliphatic rings. The quantitative estimate of drug-likeness (QED) is 0.900. The van der Waals surface area contributed by atoms with Crippen molar-refractivity contribution in [1.29, 1.82) is 0 Å². The third kappa shape index (κ3) is 2.81. The summed E-state index contributed by atoms with van der Waals surface area (Å²) in [5.41, 5.74) is 6.45. The van der Waals surface area contributed by atoms with Gasteiger partial charge >= 0.3 is 0 Å². The van der Waals surface area contributed by atoms with Crippen molar-refractivity contribution < 1.29 is 13.2 Å². The number of nitrogens with zero attached hydrogens (tertiary/aromatic N) is 1. The minimum absolute atomic E-state index is 0.137. The molecule has 2 aromatic rings. The molecule has 0 saturated carbocycles. The maximum absolute atomic E-state index is 12.4. The van der Waals surface area contributed by atoms with Crippen LogP contribution in [0.3, 0.4) is 0 Å². The number of benzene rings is 1. The number of anilines is 2. The van der Waals surface area contributed by atoms with E-state index in [9.17, 15) is 13.2 Å². The highest BCUT2D eigenvalue weighted by Crippen LogP contribution is 2.30. The van der Waals surface area contributed by atoms with Crippen LogP contribution in [0.5, 0.6) is 0 Å². The highest BCUT2D eigenvalue weighted by molar-refractivity contribution is 7.93. The highest BCUT2D eigenvalue weighted by Gasteiger charge is 2.23. The van der Waals surface area contributed by atoms with Crippen LogP contribution in [-0.2, 0) is 14.6 Å². The van der Waals surface area contributed by atoms with Gasteiger partial charge in [0.05, 0.1) is 10.6 Å². The number of aryl methyl sites for hydroxylation is 1. The molecule has 0 radical (unpaired) electrons. The maximum Gasteiger partial charge on any atom is 0.221 e. The highest BCUT2D eigenvalue weighted by atomic mass is 32.2. The van der Waals surface area contributed by atoms with Gasteiger partial charge in [0.15, 0.2) is 5.13 Å². The zero-order valence-corrected chi connectivity index (χ0v) is 12.5. The van der Waals surface area contributed by atoms with Gasteiger partial charge in [0.25, 0.3) is 0 Å². The molecule has 20 heavy (non-hydrogen) atoms. The van der Waals surface area contributed by atoms with Crippen LogP contribution in [0.25, 0.3) is 0 Å². The minimum atomic E-state index is -3.63. The molecule has 1 aromatic heterocycles. The van der Waals surface area contributed by atoms with Crippen molar-refractivity contribution in [2.24, 2.45) is 0 Å². The Kier molecular flexibility index (Phi) is 3.78. The van der Waals surface area contributed by atoms with Crippen LogP contribution in [0.2, 0.25) is 0 Å². The van der Waals surface area contributed by atoms with E-state index in [2.05, 4.69) is 10.3 Å². The zero-order valence-electron chi connectivity index (χ0n) is 10.9. The lowest BCUT2D eigenvalue weighted by Gasteiger charge is -2.05. The fraction of sp³-hybridized carbons (Fsp3) is 0.167. The van der Waals surface area contributed by atoms with Crippen molar-refractivity contribution in [3.8, 4) is 0 Å². The van der Waals surface area contributed by atoms with Gasteiger partial charge in [0.1, 0.15) is 4.21 Å². The van der Waals surface area contributed by atoms with Crippen LogP contribution < -0.4 is 11.1 Å². The number of amides is 1. The fourth-order valence-electron chi connectivity index (χ4n) is 1.68. The van der Waals surface area contributed by atoms with Gasteiger partial charge in [-0.3, -0.25) is 4.79 Å². The molecule has 0 aliphatic carbocycles. The topological polar surface area (TPSA) is 102 Å². The normalized spacial score (nSPS) is 11.3. The smallest absolute Gasteiger partial charge is 0.221 e. The van der Waals surface area contributed by atoms with Crippen molar-refractivity contribution in [2.45, 2.75) is 23.0 Å². The molecule has 6 nitrogen and oxygen atoms in total. The van der Waals surface area contributed by atoms with Crippen LogP contribution in [-0.4, -0.2) is 19.3 Å². The molecule has 2 rings (SSSR count). The summed E-state index contributed by atoms with van der Waals surface area (Å²) >= 11 is 0.940. The first-order valence-electron chi connectivity index (χ1n) is 5.66. The number of carbonyl (C=O) groups is 1. The van der Waals surface area contributed by atoms with E-state index in [-0.39, 0.29) is 20.1 Å². The van der Waals surface area contributed by atoms with Crippen molar-refractivity contribution in [3.63, 3.8) is 0 Å².